The number of fused-ring (bicyclic) bond motifs is 1. The van der Waals surface area contributed by atoms with E-state index < -0.39 is 5.60 Å². The van der Waals surface area contributed by atoms with E-state index in [0.29, 0.717) is 50.2 Å². The van der Waals surface area contributed by atoms with Gasteiger partial charge < -0.3 is 19.3 Å². The third-order valence-corrected chi connectivity index (χ3v) is 6.94. The van der Waals surface area contributed by atoms with Crippen molar-refractivity contribution in [3.8, 4) is 11.5 Å². The predicted molar refractivity (Wildman–Crippen MR) is 147 cm³/mol. The van der Waals surface area contributed by atoms with Crippen LogP contribution in [0.5, 0.6) is 11.5 Å². The Labute approximate surface area is 226 Å². The summed E-state index contributed by atoms with van der Waals surface area (Å²) in [6.07, 6.45) is 0. The molecule has 1 saturated heterocycles. The predicted octanol–water partition coefficient (Wildman–Crippen LogP) is 3.71. The van der Waals surface area contributed by atoms with Crippen LogP contribution in [0.4, 0.5) is 0 Å². The number of aromatic nitrogens is 2. The van der Waals surface area contributed by atoms with Crippen LogP contribution in [-0.2, 0) is 24.9 Å². The molecule has 1 aliphatic rings. The first-order chi connectivity index (χ1) is 18.4. The minimum Gasteiger partial charge on any atom is -0.492 e. The monoisotopic (exact) mass is 537 g/mol. The van der Waals surface area contributed by atoms with E-state index in [9.17, 15) is 9.90 Å². The zero-order valence-corrected chi connectivity index (χ0v) is 22.1. The lowest BCUT2D eigenvalue weighted by atomic mass is 10.1. The molecule has 1 aliphatic heterocycles. The Kier molecular flexibility index (Phi) is 8.04. The van der Waals surface area contributed by atoms with E-state index in [0.717, 1.165) is 22.3 Å². The lowest BCUT2D eigenvalue weighted by Gasteiger charge is -2.30. The lowest BCUT2D eigenvalue weighted by Crippen LogP contribution is -2.48. The zero-order valence-electron chi connectivity index (χ0n) is 21.4. The summed E-state index contributed by atoms with van der Waals surface area (Å²) in [5.41, 5.74) is 1.72. The summed E-state index contributed by atoms with van der Waals surface area (Å²) in [5.74, 6) is 1.36. The highest BCUT2D eigenvalue weighted by molar-refractivity contribution is 6.30. The maximum absolute atomic E-state index is 12.6. The Morgan fingerprint density at radius 3 is 2.58 bits per heavy atom. The number of halogens is 1. The number of nitrogens with zero attached hydrogens (tertiary/aromatic N) is 3. The first kappa shape index (κ1) is 26.3. The van der Waals surface area contributed by atoms with Gasteiger partial charge in [-0.2, -0.15) is 0 Å². The summed E-state index contributed by atoms with van der Waals surface area (Å²) >= 11 is 6.04. The number of aryl methyl sites for hydroxylation is 1. The standard InChI is InChI=1S/C29H32ClN3O5/c1-31-26-7-2-3-8-27(26)33(28(31)34)14-16-37-24-11-9-22(10-12-24)18-32-13-15-36-20-29(35,19-32)21-38-25-6-4-5-23(30)17-25/h2-12,17,35H,13-16,18-21H2,1H3/t29-/m1/s1. The van der Waals surface area contributed by atoms with Gasteiger partial charge in [0, 0.05) is 31.7 Å². The van der Waals surface area contributed by atoms with E-state index in [1.165, 1.54) is 0 Å². The van der Waals surface area contributed by atoms with E-state index in [4.69, 9.17) is 25.8 Å². The van der Waals surface area contributed by atoms with Gasteiger partial charge in [-0.1, -0.05) is 41.9 Å². The molecule has 0 aliphatic carbocycles. The van der Waals surface area contributed by atoms with Crippen molar-refractivity contribution in [3.05, 3.63) is 93.9 Å². The Morgan fingerprint density at radius 1 is 1.00 bits per heavy atom. The highest BCUT2D eigenvalue weighted by Gasteiger charge is 2.33. The molecule has 1 atom stereocenters. The van der Waals surface area contributed by atoms with Crippen LogP contribution in [0.3, 0.4) is 0 Å². The van der Waals surface area contributed by atoms with Gasteiger partial charge in [-0.25, -0.2) is 4.79 Å². The van der Waals surface area contributed by atoms with Gasteiger partial charge in [-0.3, -0.25) is 14.0 Å². The van der Waals surface area contributed by atoms with Crippen LogP contribution in [0.1, 0.15) is 5.56 Å². The summed E-state index contributed by atoms with van der Waals surface area (Å²) in [4.78, 5) is 14.8. The average Bonchev–Trinajstić information content (AvgIpc) is 3.03. The van der Waals surface area contributed by atoms with E-state index in [1.807, 2.05) is 60.7 Å². The molecule has 1 N–H and O–H groups in total. The molecular weight excluding hydrogens is 506 g/mol. The molecule has 8 nitrogen and oxygen atoms in total. The molecule has 4 aromatic rings. The maximum atomic E-state index is 12.6. The number of aliphatic hydroxyl groups is 1. The minimum absolute atomic E-state index is 0.0514. The van der Waals surface area contributed by atoms with Gasteiger partial charge >= 0.3 is 5.69 Å². The van der Waals surface area contributed by atoms with Crippen LogP contribution in [0.25, 0.3) is 11.0 Å². The average molecular weight is 538 g/mol. The molecule has 38 heavy (non-hydrogen) atoms. The van der Waals surface area contributed by atoms with Crippen molar-refractivity contribution in [1.29, 1.82) is 0 Å². The fraction of sp³-hybridized carbons (Fsp3) is 0.345. The van der Waals surface area contributed by atoms with Crippen molar-refractivity contribution in [2.45, 2.75) is 18.7 Å². The number of hydrogen-bond acceptors (Lipinski definition) is 6. The van der Waals surface area contributed by atoms with E-state index in [-0.39, 0.29) is 18.9 Å². The van der Waals surface area contributed by atoms with Crippen LogP contribution < -0.4 is 15.2 Å². The molecule has 3 aromatic carbocycles. The van der Waals surface area contributed by atoms with Crippen molar-refractivity contribution in [2.24, 2.45) is 7.05 Å². The topological polar surface area (TPSA) is 78.1 Å². The number of benzene rings is 3. The number of imidazole rings is 1. The van der Waals surface area contributed by atoms with E-state index in [2.05, 4.69) is 4.90 Å². The highest BCUT2D eigenvalue weighted by Crippen LogP contribution is 2.22. The third kappa shape index (κ3) is 6.22. The Balaban J connectivity index is 1.15. The second kappa shape index (κ2) is 11.6. The van der Waals surface area contributed by atoms with Crippen molar-refractivity contribution in [1.82, 2.24) is 14.0 Å². The fourth-order valence-corrected chi connectivity index (χ4v) is 4.96. The first-order valence-corrected chi connectivity index (χ1v) is 13.0. The summed E-state index contributed by atoms with van der Waals surface area (Å²) in [7, 11) is 1.78. The smallest absolute Gasteiger partial charge is 0.328 e. The van der Waals surface area contributed by atoms with Gasteiger partial charge in [-0.05, 0) is 48.0 Å². The largest absolute Gasteiger partial charge is 0.492 e. The Morgan fingerprint density at radius 2 is 1.79 bits per heavy atom. The molecular formula is C29H32ClN3O5. The molecule has 9 heteroatoms. The zero-order chi connectivity index (χ0) is 26.5. The molecule has 0 radical (unpaired) electrons. The Hall–Kier alpha value is -3.30. The van der Waals surface area contributed by atoms with Gasteiger partial charge in [-0.15, -0.1) is 0 Å². The molecule has 1 fully saturated rings. The SMILES string of the molecule is Cn1c(=O)n(CCOc2ccc(CN3CCOC[C@@](O)(COc4cccc(Cl)c4)C3)cc2)c2ccccc21. The molecule has 0 amide bonds. The van der Waals surface area contributed by atoms with Gasteiger partial charge in [0.05, 0.1) is 30.8 Å². The molecule has 0 spiro atoms. The van der Waals surface area contributed by atoms with Gasteiger partial charge in [0.1, 0.15) is 30.3 Å². The number of hydrogen-bond donors (Lipinski definition) is 1. The number of para-hydroxylation sites is 2. The molecule has 1 aromatic heterocycles. The number of ether oxygens (including phenoxy) is 3. The quantitative estimate of drug-likeness (QED) is 0.351. The fourth-order valence-electron chi connectivity index (χ4n) is 4.78. The molecule has 200 valence electrons. The van der Waals surface area contributed by atoms with Crippen LogP contribution in [0.2, 0.25) is 5.02 Å². The third-order valence-electron chi connectivity index (χ3n) is 6.71. The number of rotatable bonds is 9. The van der Waals surface area contributed by atoms with Crippen molar-refractivity contribution in [2.75, 3.05) is 39.5 Å². The van der Waals surface area contributed by atoms with E-state index >= 15 is 0 Å². The minimum atomic E-state index is -1.14. The van der Waals surface area contributed by atoms with Gasteiger partial charge in [0.2, 0.25) is 0 Å². The molecule has 5 rings (SSSR count). The van der Waals surface area contributed by atoms with Crippen LogP contribution >= 0.6 is 11.6 Å². The van der Waals surface area contributed by atoms with Crippen LogP contribution in [0, 0.1) is 0 Å². The van der Waals surface area contributed by atoms with Crippen molar-refractivity contribution in [3.63, 3.8) is 0 Å². The van der Waals surface area contributed by atoms with Crippen LogP contribution in [0.15, 0.2) is 77.6 Å². The molecule has 0 unspecified atom stereocenters. The summed E-state index contributed by atoms with van der Waals surface area (Å²) in [5, 5.41) is 11.8. The summed E-state index contributed by atoms with van der Waals surface area (Å²) < 4.78 is 20.8. The summed E-state index contributed by atoms with van der Waals surface area (Å²) in [6, 6.07) is 22.8. The van der Waals surface area contributed by atoms with Gasteiger partial charge in [0.15, 0.2) is 0 Å². The number of β-amino-alcohol motifs (C(OH)–C–C–N with tert-alkyl or cyclic N) is 1. The second-order valence-electron chi connectivity index (χ2n) is 9.71. The Bertz CT molecular complexity index is 1430. The molecule has 2 heterocycles. The summed E-state index contributed by atoms with van der Waals surface area (Å²) in [6.45, 7) is 3.49. The highest BCUT2D eigenvalue weighted by atomic mass is 35.5. The van der Waals surface area contributed by atoms with Crippen molar-refractivity contribution < 1.29 is 19.3 Å². The second-order valence-corrected chi connectivity index (χ2v) is 10.1. The maximum Gasteiger partial charge on any atom is 0.328 e. The normalized spacial score (nSPS) is 18.4. The first-order valence-electron chi connectivity index (χ1n) is 12.7. The van der Waals surface area contributed by atoms with Crippen LogP contribution in [-0.4, -0.2) is 64.3 Å². The molecule has 0 bridgehead atoms. The lowest BCUT2D eigenvalue weighted by molar-refractivity contribution is -0.0646. The molecule has 0 saturated carbocycles. The van der Waals surface area contributed by atoms with Gasteiger partial charge in [0.25, 0.3) is 0 Å². The van der Waals surface area contributed by atoms with E-state index in [1.54, 1.807) is 28.3 Å². The van der Waals surface area contributed by atoms with Crippen molar-refractivity contribution >= 4 is 22.6 Å².